The van der Waals surface area contributed by atoms with Crippen LogP contribution in [0.5, 0.6) is 0 Å². The van der Waals surface area contributed by atoms with Gasteiger partial charge in [0, 0.05) is 25.9 Å². The third kappa shape index (κ3) is 3.50. The number of anilines is 2. The Morgan fingerprint density at radius 3 is 2.67 bits per heavy atom. The molecule has 1 aromatic heterocycles. The molecule has 0 aliphatic heterocycles. The van der Waals surface area contributed by atoms with Gasteiger partial charge in [-0.05, 0) is 18.2 Å². The molecule has 2 N–H and O–H groups in total. The van der Waals surface area contributed by atoms with Crippen LogP contribution in [0.4, 0.5) is 11.5 Å². The van der Waals surface area contributed by atoms with Gasteiger partial charge < -0.3 is 10.1 Å². The van der Waals surface area contributed by atoms with E-state index in [2.05, 4.69) is 15.0 Å². The van der Waals surface area contributed by atoms with Crippen LogP contribution in [-0.4, -0.2) is 27.6 Å². The standard InChI is InChI=1S/C14H17N3O3S/c1-15-14-13(8-5-9-16-14)21(18,19)17-12-7-4-3-6-11(12)10-20-2/h3-9,17H,10H2,1-2H3,(H,15,16). The summed E-state index contributed by atoms with van der Waals surface area (Å²) >= 11 is 0. The van der Waals surface area contributed by atoms with E-state index < -0.39 is 10.0 Å². The van der Waals surface area contributed by atoms with E-state index in [1.807, 2.05) is 12.1 Å². The maximum Gasteiger partial charge on any atom is 0.265 e. The second-order valence-corrected chi connectivity index (χ2v) is 5.95. The molecule has 2 rings (SSSR count). The van der Waals surface area contributed by atoms with Crippen molar-refractivity contribution in [3.05, 3.63) is 48.2 Å². The van der Waals surface area contributed by atoms with Gasteiger partial charge in [-0.3, -0.25) is 4.72 Å². The van der Waals surface area contributed by atoms with Crippen molar-refractivity contribution < 1.29 is 13.2 Å². The van der Waals surface area contributed by atoms with Crippen LogP contribution in [0.2, 0.25) is 0 Å². The molecule has 2 aromatic rings. The Morgan fingerprint density at radius 2 is 1.95 bits per heavy atom. The van der Waals surface area contributed by atoms with Crippen LogP contribution >= 0.6 is 0 Å². The lowest BCUT2D eigenvalue weighted by molar-refractivity contribution is 0.185. The fourth-order valence-electron chi connectivity index (χ4n) is 1.90. The van der Waals surface area contributed by atoms with Gasteiger partial charge in [0.25, 0.3) is 10.0 Å². The Kier molecular flexibility index (Phi) is 4.77. The Morgan fingerprint density at radius 1 is 1.19 bits per heavy atom. The maximum atomic E-state index is 12.5. The minimum Gasteiger partial charge on any atom is -0.380 e. The molecule has 1 aromatic carbocycles. The summed E-state index contributed by atoms with van der Waals surface area (Å²) in [7, 11) is -0.541. The molecule has 0 bridgehead atoms. The third-order valence-electron chi connectivity index (χ3n) is 2.86. The summed E-state index contributed by atoms with van der Waals surface area (Å²) in [4.78, 5) is 4.11. The van der Waals surface area contributed by atoms with E-state index in [-0.39, 0.29) is 4.90 Å². The predicted octanol–water partition coefficient (Wildman–Crippen LogP) is 2.07. The molecule has 21 heavy (non-hydrogen) atoms. The minimum absolute atomic E-state index is 0.0970. The Labute approximate surface area is 124 Å². The van der Waals surface area contributed by atoms with Crippen LogP contribution in [0.25, 0.3) is 0 Å². The molecule has 0 saturated carbocycles. The Bertz CT molecular complexity index is 717. The van der Waals surface area contributed by atoms with E-state index in [0.29, 0.717) is 18.1 Å². The Balaban J connectivity index is 2.38. The monoisotopic (exact) mass is 307 g/mol. The molecule has 0 radical (unpaired) electrons. The van der Waals surface area contributed by atoms with E-state index in [0.717, 1.165) is 5.56 Å². The number of nitrogens with one attached hydrogen (secondary N) is 2. The Hall–Kier alpha value is -2.12. The fraction of sp³-hybridized carbons (Fsp3) is 0.214. The molecule has 0 fully saturated rings. The second-order valence-electron chi connectivity index (χ2n) is 4.30. The van der Waals surface area contributed by atoms with Crippen molar-refractivity contribution in [2.75, 3.05) is 24.2 Å². The van der Waals surface area contributed by atoms with Gasteiger partial charge in [-0.25, -0.2) is 13.4 Å². The van der Waals surface area contributed by atoms with E-state index in [4.69, 9.17) is 4.74 Å². The van der Waals surface area contributed by atoms with Gasteiger partial charge in [-0.1, -0.05) is 18.2 Å². The zero-order valence-electron chi connectivity index (χ0n) is 11.8. The van der Waals surface area contributed by atoms with Crippen LogP contribution in [0.15, 0.2) is 47.5 Å². The molecular weight excluding hydrogens is 290 g/mol. The highest BCUT2D eigenvalue weighted by Crippen LogP contribution is 2.23. The lowest BCUT2D eigenvalue weighted by Crippen LogP contribution is -2.16. The molecule has 0 aliphatic carbocycles. The normalized spacial score (nSPS) is 11.1. The predicted molar refractivity (Wildman–Crippen MR) is 81.7 cm³/mol. The number of benzene rings is 1. The van der Waals surface area contributed by atoms with Gasteiger partial charge in [0.2, 0.25) is 0 Å². The summed E-state index contributed by atoms with van der Waals surface area (Å²) in [5.41, 5.74) is 1.25. The molecule has 0 aliphatic rings. The molecule has 0 spiro atoms. The van der Waals surface area contributed by atoms with Gasteiger partial charge in [0.1, 0.15) is 10.7 Å². The van der Waals surface area contributed by atoms with Gasteiger partial charge in [0.05, 0.1) is 12.3 Å². The molecular formula is C14H17N3O3S. The molecule has 0 atom stereocenters. The summed E-state index contributed by atoms with van der Waals surface area (Å²) in [6, 6.07) is 10.2. The first-order valence-electron chi connectivity index (χ1n) is 6.31. The van der Waals surface area contributed by atoms with Crippen LogP contribution in [0.3, 0.4) is 0 Å². The molecule has 6 nitrogen and oxygen atoms in total. The molecule has 112 valence electrons. The summed E-state index contributed by atoms with van der Waals surface area (Å²) < 4.78 is 32.7. The highest BCUT2D eigenvalue weighted by atomic mass is 32.2. The number of nitrogens with zero attached hydrogens (tertiary/aromatic N) is 1. The van der Waals surface area contributed by atoms with E-state index in [9.17, 15) is 8.42 Å². The smallest absolute Gasteiger partial charge is 0.265 e. The SMILES string of the molecule is CNc1ncccc1S(=O)(=O)Nc1ccccc1COC. The summed E-state index contributed by atoms with van der Waals surface area (Å²) in [6.07, 6.45) is 1.53. The average molecular weight is 307 g/mol. The zero-order chi connectivity index (χ0) is 15.3. The highest BCUT2D eigenvalue weighted by molar-refractivity contribution is 7.92. The molecule has 0 amide bonds. The number of pyridine rings is 1. The van der Waals surface area contributed by atoms with E-state index in [1.165, 1.54) is 12.3 Å². The van der Waals surface area contributed by atoms with E-state index in [1.54, 1.807) is 32.4 Å². The number of ether oxygens (including phenoxy) is 1. The number of hydrogen-bond donors (Lipinski definition) is 2. The lowest BCUT2D eigenvalue weighted by Gasteiger charge is -2.13. The zero-order valence-corrected chi connectivity index (χ0v) is 12.6. The van der Waals surface area contributed by atoms with Crippen molar-refractivity contribution in [3.63, 3.8) is 0 Å². The van der Waals surface area contributed by atoms with Gasteiger partial charge >= 0.3 is 0 Å². The van der Waals surface area contributed by atoms with Crippen LogP contribution < -0.4 is 10.0 Å². The minimum atomic E-state index is -3.73. The van der Waals surface area contributed by atoms with Crippen LogP contribution in [0, 0.1) is 0 Å². The van der Waals surface area contributed by atoms with Crippen molar-refractivity contribution in [2.24, 2.45) is 0 Å². The number of hydrogen-bond acceptors (Lipinski definition) is 5. The third-order valence-corrected chi connectivity index (χ3v) is 4.26. The number of para-hydroxylation sites is 1. The topological polar surface area (TPSA) is 80.3 Å². The summed E-state index contributed by atoms with van der Waals surface area (Å²) in [5, 5.41) is 2.77. The van der Waals surface area contributed by atoms with Crippen molar-refractivity contribution in [3.8, 4) is 0 Å². The number of aromatic nitrogens is 1. The van der Waals surface area contributed by atoms with Gasteiger partial charge in [-0.15, -0.1) is 0 Å². The highest BCUT2D eigenvalue weighted by Gasteiger charge is 2.20. The first-order valence-corrected chi connectivity index (χ1v) is 7.79. The lowest BCUT2D eigenvalue weighted by atomic mass is 10.2. The van der Waals surface area contributed by atoms with Gasteiger partial charge in [-0.2, -0.15) is 0 Å². The van der Waals surface area contributed by atoms with Gasteiger partial charge in [0.15, 0.2) is 0 Å². The van der Waals surface area contributed by atoms with Crippen molar-refractivity contribution in [1.82, 2.24) is 4.98 Å². The summed E-state index contributed by atoms with van der Waals surface area (Å²) in [6.45, 7) is 0.324. The molecule has 7 heteroatoms. The van der Waals surface area contributed by atoms with E-state index >= 15 is 0 Å². The molecule has 0 saturated heterocycles. The first-order chi connectivity index (χ1) is 10.1. The van der Waals surface area contributed by atoms with Crippen molar-refractivity contribution >= 4 is 21.5 Å². The number of sulfonamides is 1. The first kappa shape index (κ1) is 15.3. The largest absolute Gasteiger partial charge is 0.380 e. The molecule has 1 heterocycles. The summed E-state index contributed by atoms with van der Waals surface area (Å²) in [5.74, 6) is 0.300. The average Bonchev–Trinajstić information content (AvgIpc) is 2.49. The van der Waals surface area contributed by atoms with Crippen LogP contribution in [0.1, 0.15) is 5.56 Å². The van der Waals surface area contributed by atoms with Crippen LogP contribution in [-0.2, 0) is 21.4 Å². The van der Waals surface area contributed by atoms with Crippen molar-refractivity contribution in [2.45, 2.75) is 11.5 Å². The maximum absolute atomic E-state index is 12.5. The quantitative estimate of drug-likeness (QED) is 0.854. The van der Waals surface area contributed by atoms with Crippen molar-refractivity contribution in [1.29, 1.82) is 0 Å². The number of methoxy groups -OCH3 is 1. The second kappa shape index (κ2) is 6.55. The molecule has 0 unspecified atom stereocenters. The fourth-order valence-corrected chi connectivity index (χ4v) is 3.16. The number of rotatable bonds is 6.